The van der Waals surface area contributed by atoms with Crippen molar-refractivity contribution >= 4 is 0 Å². The maximum atomic E-state index is 13.8. The van der Waals surface area contributed by atoms with Crippen LogP contribution in [0.1, 0.15) is 24.5 Å². The molecule has 15 heavy (non-hydrogen) atoms. The zero-order chi connectivity index (χ0) is 10.9. The first-order valence-corrected chi connectivity index (χ1v) is 5.19. The average Bonchev–Trinajstić information content (AvgIpc) is 2.28. The number of aryl methyl sites for hydroxylation is 1. The second-order valence-electron chi connectivity index (χ2n) is 4.13. The van der Waals surface area contributed by atoms with Gasteiger partial charge in [-0.3, -0.25) is 0 Å². The van der Waals surface area contributed by atoms with E-state index >= 15 is 0 Å². The van der Waals surface area contributed by atoms with Crippen LogP contribution in [0.25, 0.3) is 0 Å². The molecule has 0 amide bonds. The van der Waals surface area contributed by atoms with Gasteiger partial charge >= 0.3 is 0 Å². The molecule has 1 aliphatic rings. The molecule has 1 atom stereocenters. The summed E-state index contributed by atoms with van der Waals surface area (Å²) in [5.41, 5.74) is -0.0834. The van der Waals surface area contributed by atoms with Crippen molar-refractivity contribution in [1.82, 2.24) is 0 Å². The number of aliphatic hydroxyl groups excluding tert-OH is 1. The molecule has 0 saturated carbocycles. The topological polar surface area (TPSA) is 29.5 Å². The normalized spacial score (nSPS) is 18.9. The van der Waals surface area contributed by atoms with Gasteiger partial charge < -0.3 is 9.84 Å². The Bertz CT molecular complexity index is 361. The van der Waals surface area contributed by atoms with E-state index in [1.165, 1.54) is 6.92 Å². The summed E-state index contributed by atoms with van der Waals surface area (Å²) in [4.78, 5) is 0. The summed E-state index contributed by atoms with van der Waals surface area (Å²) in [7, 11) is 0. The van der Waals surface area contributed by atoms with Crippen LogP contribution in [0.2, 0.25) is 0 Å². The fourth-order valence-electron chi connectivity index (χ4n) is 1.76. The molecule has 1 aliphatic heterocycles. The van der Waals surface area contributed by atoms with Crippen LogP contribution >= 0.6 is 0 Å². The zero-order valence-electron chi connectivity index (χ0n) is 8.79. The van der Waals surface area contributed by atoms with Gasteiger partial charge in [0.25, 0.3) is 0 Å². The van der Waals surface area contributed by atoms with Crippen LogP contribution < -0.4 is 4.74 Å². The highest BCUT2D eigenvalue weighted by molar-refractivity contribution is 5.40. The molecular formula is C12H15FO2. The van der Waals surface area contributed by atoms with Crippen LogP contribution in [0.15, 0.2) is 18.2 Å². The average molecular weight is 210 g/mol. The van der Waals surface area contributed by atoms with Crippen molar-refractivity contribution in [3.8, 4) is 5.75 Å². The second kappa shape index (κ2) is 3.81. The summed E-state index contributed by atoms with van der Waals surface area (Å²) in [6.07, 6.45) is 2.00. The zero-order valence-corrected chi connectivity index (χ0v) is 8.79. The second-order valence-corrected chi connectivity index (χ2v) is 4.13. The SMILES string of the molecule is CC(F)(CO)c1ccc2c(c1)OCCC2. The van der Waals surface area contributed by atoms with E-state index in [4.69, 9.17) is 9.84 Å². The maximum Gasteiger partial charge on any atom is 0.156 e. The summed E-state index contributed by atoms with van der Waals surface area (Å²) in [5, 5.41) is 8.94. The first kappa shape index (κ1) is 10.4. The van der Waals surface area contributed by atoms with Crippen molar-refractivity contribution < 1.29 is 14.2 Å². The molecule has 3 heteroatoms. The monoisotopic (exact) mass is 210 g/mol. The third-order valence-corrected chi connectivity index (χ3v) is 2.81. The van der Waals surface area contributed by atoms with Crippen LogP contribution in [-0.2, 0) is 12.1 Å². The third kappa shape index (κ3) is 1.97. The van der Waals surface area contributed by atoms with Gasteiger partial charge in [-0.2, -0.15) is 0 Å². The van der Waals surface area contributed by atoms with Gasteiger partial charge in [0.05, 0.1) is 13.2 Å². The Balaban J connectivity index is 2.36. The highest BCUT2D eigenvalue weighted by Crippen LogP contribution is 2.32. The largest absolute Gasteiger partial charge is 0.493 e. The van der Waals surface area contributed by atoms with Crippen molar-refractivity contribution in [2.75, 3.05) is 13.2 Å². The highest BCUT2D eigenvalue weighted by atomic mass is 19.1. The van der Waals surface area contributed by atoms with Crippen molar-refractivity contribution in [3.63, 3.8) is 0 Å². The van der Waals surface area contributed by atoms with Crippen molar-refractivity contribution in [3.05, 3.63) is 29.3 Å². The summed E-state index contributed by atoms with van der Waals surface area (Å²) >= 11 is 0. The first-order valence-electron chi connectivity index (χ1n) is 5.19. The Morgan fingerprint density at radius 3 is 3.07 bits per heavy atom. The molecule has 82 valence electrons. The Morgan fingerprint density at radius 2 is 2.33 bits per heavy atom. The van der Waals surface area contributed by atoms with Gasteiger partial charge in [-0.15, -0.1) is 0 Å². The lowest BCUT2D eigenvalue weighted by Crippen LogP contribution is -2.21. The summed E-state index contributed by atoms with van der Waals surface area (Å²) < 4.78 is 19.3. The molecule has 2 nitrogen and oxygen atoms in total. The summed E-state index contributed by atoms with van der Waals surface area (Å²) in [6, 6.07) is 5.31. The van der Waals surface area contributed by atoms with E-state index in [9.17, 15) is 4.39 Å². The van der Waals surface area contributed by atoms with Crippen LogP contribution in [0.3, 0.4) is 0 Å². The van der Waals surface area contributed by atoms with E-state index in [1.54, 1.807) is 12.1 Å². The van der Waals surface area contributed by atoms with E-state index < -0.39 is 12.3 Å². The molecule has 0 spiro atoms. The van der Waals surface area contributed by atoms with E-state index in [0.29, 0.717) is 12.2 Å². The van der Waals surface area contributed by atoms with Gasteiger partial charge in [0.2, 0.25) is 0 Å². The number of aliphatic hydroxyl groups is 1. The van der Waals surface area contributed by atoms with Crippen LogP contribution in [0, 0.1) is 0 Å². The molecule has 1 aromatic rings. The van der Waals surface area contributed by atoms with Crippen molar-refractivity contribution in [2.24, 2.45) is 0 Å². The number of halogens is 1. The molecule has 1 aromatic carbocycles. The molecule has 0 fully saturated rings. The smallest absolute Gasteiger partial charge is 0.156 e. The lowest BCUT2D eigenvalue weighted by Gasteiger charge is -2.22. The minimum atomic E-state index is -1.68. The lowest BCUT2D eigenvalue weighted by molar-refractivity contribution is 0.0864. The minimum Gasteiger partial charge on any atom is -0.493 e. The number of alkyl halides is 1. The van der Waals surface area contributed by atoms with Crippen LogP contribution in [0.4, 0.5) is 4.39 Å². The number of rotatable bonds is 2. The van der Waals surface area contributed by atoms with E-state index in [0.717, 1.165) is 24.2 Å². The number of fused-ring (bicyclic) bond motifs is 1. The molecule has 1 N–H and O–H groups in total. The lowest BCUT2D eigenvalue weighted by atomic mass is 9.95. The van der Waals surface area contributed by atoms with E-state index in [-0.39, 0.29) is 0 Å². The number of benzene rings is 1. The van der Waals surface area contributed by atoms with Gasteiger partial charge in [-0.1, -0.05) is 12.1 Å². The minimum absolute atomic E-state index is 0.477. The standard InChI is InChI=1S/C12H15FO2/c1-12(13,8-14)10-5-4-9-3-2-6-15-11(9)7-10/h4-5,7,14H,2-3,6,8H2,1H3. The Kier molecular flexibility index (Phi) is 2.65. The number of hydrogen-bond donors (Lipinski definition) is 1. The van der Waals surface area contributed by atoms with Gasteiger partial charge in [-0.25, -0.2) is 4.39 Å². The Hall–Kier alpha value is -1.09. The highest BCUT2D eigenvalue weighted by Gasteiger charge is 2.26. The quantitative estimate of drug-likeness (QED) is 0.810. The van der Waals surface area contributed by atoms with Gasteiger partial charge in [-0.05, 0) is 37.0 Å². The van der Waals surface area contributed by atoms with Gasteiger partial charge in [0, 0.05) is 0 Å². The molecule has 1 heterocycles. The molecule has 0 bridgehead atoms. The molecule has 2 rings (SSSR count). The number of ether oxygens (including phenoxy) is 1. The molecular weight excluding hydrogens is 195 g/mol. The Morgan fingerprint density at radius 1 is 1.53 bits per heavy atom. The van der Waals surface area contributed by atoms with E-state index in [2.05, 4.69) is 0 Å². The van der Waals surface area contributed by atoms with Gasteiger partial charge in [0.15, 0.2) is 5.67 Å². The van der Waals surface area contributed by atoms with E-state index in [1.807, 2.05) is 6.07 Å². The van der Waals surface area contributed by atoms with Gasteiger partial charge in [0.1, 0.15) is 5.75 Å². The predicted molar refractivity (Wildman–Crippen MR) is 55.8 cm³/mol. The van der Waals surface area contributed by atoms with Crippen molar-refractivity contribution in [2.45, 2.75) is 25.4 Å². The predicted octanol–water partition coefficient (Wildman–Crippen LogP) is 2.19. The maximum absolute atomic E-state index is 13.8. The van der Waals surface area contributed by atoms with Crippen molar-refractivity contribution in [1.29, 1.82) is 0 Å². The fourth-order valence-corrected chi connectivity index (χ4v) is 1.76. The van der Waals surface area contributed by atoms with Crippen LogP contribution in [-0.4, -0.2) is 18.3 Å². The molecule has 0 aromatic heterocycles. The molecule has 0 radical (unpaired) electrons. The first-order chi connectivity index (χ1) is 7.13. The molecule has 0 aliphatic carbocycles. The Labute approximate surface area is 88.7 Å². The fraction of sp³-hybridized carbons (Fsp3) is 0.500. The summed E-state index contributed by atoms with van der Waals surface area (Å²) in [5.74, 6) is 0.760. The third-order valence-electron chi connectivity index (χ3n) is 2.81. The molecule has 1 unspecified atom stereocenters. The number of hydrogen-bond acceptors (Lipinski definition) is 2. The van der Waals surface area contributed by atoms with Crippen LogP contribution in [0.5, 0.6) is 5.75 Å². The molecule has 0 saturated heterocycles. The summed E-state index contributed by atoms with van der Waals surface area (Å²) in [6.45, 7) is 1.56.